The van der Waals surface area contributed by atoms with Crippen molar-refractivity contribution < 1.29 is 4.74 Å². The highest BCUT2D eigenvalue weighted by molar-refractivity contribution is 4.93. The van der Waals surface area contributed by atoms with Crippen molar-refractivity contribution in [1.29, 1.82) is 0 Å². The Kier molecular flexibility index (Phi) is 6.10. The number of rotatable bonds is 4. The maximum absolute atomic E-state index is 5.53. The van der Waals surface area contributed by atoms with Crippen molar-refractivity contribution in [1.82, 2.24) is 10.2 Å². The maximum Gasteiger partial charge on any atom is 0.0469 e. The fourth-order valence-corrected chi connectivity index (χ4v) is 3.93. The quantitative estimate of drug-likeness (QED) is 0.862. The first-order chi connectivity index (χ1) is 9.86. The Labute approximate surface area is 131 Å². The summed E-state index contributed by atoms with van der Waals surface area (Å²) >= 11 is 0. The molecule has 2 aliphatic heterocycles. The van der Waals surface area contributed by atoms with E-state index in [0.717, 1.165) is 31.6 Å². The van der Waals surface area contributed by atoms with Gasteiger partial charge in [-0.05, 0) is 36.5 Å². The van der Waals surface area contributed by atoms with E-state index in [2.05, 4.69) is 44.8 Å². The van der Waals surface area contributed by atoms with Gasteiger partial charge in [-0.25, -0.2) is 0 Å². The third-order valence-electron chi connectivity index (χ3n) is 5.08. The van der Waals surface area contributed by atoms with Gasteiger partial charge in [-0.15, -0.1) is 0 Å². The third-order valence-corrected chi connectivity index (χ3v) is 5.08. The molecule has 2 heterocycles. The summed E-state index contributed by atoms with van der Waals surface area (Å²) in [4.78, 5) is 2.79. The van der Waals surface area contributed by atoms with Crippen molar-refractivity contribution in [3.05, 3.63) is 0 Å². The molecule has 21 heavy (non-hydrogen) atoms. The van der Waals surface area contributed by atoms with Gasteiger partial charge in [0, 0.05) is 44.9 Å². The molecule has 2 saturated heterocycles. The zero-order valence-corrected chi connectivity index (χ0v) is 14.8. The average molecular weight is 296 g/mol. The smallest absolute Gasteiger partial charge is 0.0469 e. The van der Waals surface area contributed by atoms with E-state index in [4.69, 9.17) is 4.74 Å². The van der Waals surface area contributed by atoms with Crippen molar-refractivity contribution in [3.8, 4) is 0 Å². The average Bonchev–Trinajstić information content (AvgIpc) is 2.38. The molecule has 0 spiro atoms. The lowest BCUT2D eigenvalue weighted by Crippen LogP contribution is -2.61. The summed E-state index contributed by atoms with van der Waals surface area (Å²) in [5.41, 5.74) is 0.348. The van der Waals surface area contributed by atoms with Crippen LogP contribution in [0.1, 0.15) is 53.9 Å². The van der Waals surface area contributed by atoms with Crippen molar-refractivity contribution in [2.45, 2.75) is 66.0 Å². The summed E-state index contributed by atoms with van der Waals surface area (Å²) in [5, 5.41) is 3.81. The van der Waals surface area contributed by atoms with E-state index in [1.807, 2.05) is 0 Å². The molecule has 0 bridgehead atoms. The lowest BCUT2D eigenvalue weighted by Gasteiger charge is -2.48. The highest BCUT2D eigenvalue weighted by Crippen LogP contribution is 2.29. The van der Waals surface area contributed by atoms with Gasteiger partial charge < -0.3 is 10.1 Å². The lowest BCUT2D eigenvalue weighted by molar-refractivity contribution is 0.00873. The lowest BCUT2D eigenvalue weighted by atomic mass is 9.82. The van der Waals surface area contributed by atoms with Crippen LogP contribution in [-0.2, 0) is 4.74 Å². The standard InChI is InChI=1S/C18H36N2O/c1-14(2)10-16-13-20(12-15-6-8-21-9-7-15)17(11-19-16)18(3,4)5/h14-17,19H,6-13H2,1-5H3. The molecule has 2 aliphatic rings. The Morgan fingerprint density at radius 1 is 1.19 bits per heavy atom. The molecule has 0 aliphatic carbocycles. The molecule has 0 aromatic rings. The number of nitrogens with one attached hydrogen (secondary N) is 1. The predicted molar refractivity (Wildman–Crippen MR) is 89.6 cm³/mol. The van der Waals surface area contributed by atoms with Crippen LogP contribution in [0, 0.1) is 17.3 Å². The first kappa shape index (κ1) is 17.2. The summed E-state index contributed by atoms with van der Waals surface area (Å²) in [6, 6.07) is 1.33. The fourth-order valence-electron chi connectivity index (χ4n) is 3.93. The van der Waals surface area contributed by atoms with Crippen molar-refractivity contribution >= 4 is 0 Å². The van der Waals surface area contributed by atoms with E-state index in [1.54, 1.807) is 0 Å². The second kappa shape index (κ2) is 7.43. The van der Waals surface area contributed by atoms with E-state index in [-0.39, 0.29) is 0 Å². The van der Waals surface area contributed by atoms with Crippen LogP contribution in [0.15, 0.2) is 0 Å². The van der Waals surface area contributed by atoms with Gasteiger partial charge in [-0.1, -0.05) is 34.6 Å². The Balaban J connectivity index is 1.98. The minimum Gasteiger partial charge on any atom is -0.381 e. The van der Waals surface area contributed by atoms with Gasteiger partial charge in [-0.3, -0.25) is 4.90 Å². The molecule has 0 aromatic carbocycles. The molecule has 0 saturated carbocycles. The van der Waals surface area contributed by atoms with Gasteiger partial charge in [0.1, 0.15) is 0 Å². The molecular formula is C18H36N2O. The molecule has 2 rings (SSSR count). The Morgan fingerprint density at radius 2 is 1.86 bits per heavy atom. The molecule has 0 amide bonds. The van der Waals surface area contributed by atoms with E-state index < -0.39 is 0 Å². The SMILES string of the molecule is CC(C)CC1CN(CC2CCOCC2)C(C(C)(C)C)CN1. The molecule has 1 N–H and O–H groups in total. The molecular weight excluding hydrogens is 260 g/mol. The second-order valence-corrected chi connectivity index (χ2v) is 8.63. The minimum absolute atomic E-state index is 0.348. The van der Waals surface area contributed by atoms with Gasteiger partial charge in [-0.2, -0.15) is 0 Å². The second-order valence-electron chi connectivity index (χ2n) is 8.63. The molecule has 3 heteroatoms. The van der Waals surface area contributed by atoms with Gasteiger partial charge >= 0.3 is 0 Å². The molecule has 2 atom stereocenters. The Hall–Kier alpha value is -0.120. The minimum atomic E-state index is 0.348. The Morgan fingerprint density at radius 3 is 2.43 bits per heavy atom. The van der Waals surface area contributed by atoms with E-state index in [0.29, 0.717) is 17.5 Å². The normalized spacial score (nSPS) is 30.0. The maximum atomic E-state index is 5.53. The monoisotopic (exact) mass is 296 g/mol. The largest absolute Gasteiger partial charge is 0.381 e. The summed E-state index contributed by atoms with van der Waals surface area (Å²) in [6.07, 6.45) is 3.78. The van der Waals surface area contributed by atoms with E-state index in [1.165, 1.54) is 32.4 Å². The molecule has 2 fully saturated rings. The van der Waals surface area contributed by atoms with Gasteiger partial charge in [0.15, 0.2) is 0 Å². The summed E-state index contributed by atoms with van der Waals surface area (Å²) in [6.45, 7) is 17.4. The number of nitrogens with zero attached hydrogens (tertiary/aromatic N) is 1. The van der Waals surface area contributed by atoms with E-state index in [9.17, 15) is 0 Å². The van der Waals surface area contributed by atoms with E-state index >= 15 is 0 Å². The van der Waals surface area contributed by atoms with Crippen LogP contribution in [0.5, 0.6) is 0 Å². The van der Waals surface area contributed by atoms with Crippen LogP contribution in [0.25, 0.3) is 0 Å². The number of hydrogen-bond acceptors (Lipinski definition) is 3. The van der Waals surface area contributed by atoms with Gasteiger partial charge in [0.05, 0.1) is 0 Å². The zero-order chi connectivity index (χ0) is 15.5. The van der Waals surface area contributed by atoms with Gasteiger partial charge in [0.2, 0.25) is 0 Å². The van der Waals surface area contributed by atoms with Crippen LogP contribution in [0.2, 0.25) is 0 Å². The van der Waals surface area contributed by atoms with Crippen LogP contribution < -0.4 is 5.32 Å². The third kappa shape index (κ3) is 5.22. The zero-order valence-electron chi connectivity index (χ0n) is 14.8. The summed E-state index contributed by atoms with van der Waals surface area (Å²) in [5.74, 6) is 1.61. The highest BCUT2D eigenvalue weighted by Gasteiger charge is 2.36. The topological polar surface area (TPSA) is 24.5 Å². The van der Waals surface area contributed by atoms with Crippen molar-refractivity contribution in [2.24, 2.45) is 17.3 Å². The molecule has 3 nitrogen and oxygen atoms in total. The highest BCUT2D eigenvalue weighted by atomic mass is 16.5. The number of piperazine rings is 1. The fraction of sp³-hybridized carbons (Fsp3) is 1.00. The first-order valence-corrected chi connectivity index (χ1v) is 8.91. The van der Waals surface area contributed by atoms with Crippen LogP contribution in [0.3, 0.4) is 0 Å². The summed E-state index contributed by atoms with van der Waals surface area (Å²) < 4.78 is 5.53. The first-order valence-electron chi connectivity index (χ1n) is 8.91. The van der Waals surface area contributed by atoms with Crippen molar-refractivity contribution in [2.75, 3.05) is 32.8 Å². The van der Waals surface area contributed by atoms with Crippen LogP contribution in [-0.4, -0.2) is 49.8 Å². The Bertz CT molecular complexity index is 305. The molecule has 0 aromatic heterocycles. The predicted octanol–water partition coefficient (Wildman–Crippen LogP) is 3.15. The number of hydrogen-bond donors (Lipinski definition) is 1. The number of ether oxygens (including phenoxy) is 1. The molecule has 2 unspecified atom stereocenters. The van der Waals surface area contributed by atoms with Crippen LogP contribution >= 0.6 is 0 Å². The van der Waals surface area contributed by atoms with Crippen LogP contribution in [0.4, 0.5) is 0 Å². The van der Waals surface area contributed by atoms with Gasteiger partial charge in [0.25, 0.3) is 0 Å². The summed E-state index contributed by atoms with van der Waals surface area (Å²) in [7, 11) is 0. The molecule has 0 radical (unpaired) electrons. The molecule has 124 valence electrons. The van der Waals surface area contributed by atoms with Crippen molar-refractivity contribution in [3.63, 3.8) is 0 Å².